The van der Waals surface area contributed by atoms with Crippen LogP contribution in [0.5, 0.6) is 0 Å². The Labute approximate surface area is 170 Å². The molecule has 0 aromatic heterocycles. The summed E-state index contributed by atoms with van der Waals surface area (Å²) in [5.74, 6) is 0. The summed E-state index contributed by atoms with van der Waals surface area (Å²) in [4.78, 5) is 0. The van der Waals surface area contributed by atoms with E-state index in [1.165, 1.54) is 13.8 Å². The van der Waals surface area contributed by atoms with Gasteiger partial charge in [-0.1, -0.05) is 62.4 Å². The summed E-state index contributed by atoms with van der Waals surface area (Å²) in [7, 11) is 0. The monoisotopic (exact) mass is 402 g/mol. The van der Waals surface area contributed by atoms with Crippen LogP contribution in [0.4, 0.5) is 0 Å². The molecule has 1 aliphatic rings. The summed E-state index contributed by atoms with van der Waals surface area (Å²) in [6, 6.07) is 13.7. The summed E-state index contributed by atoms with van der Waals surface area (Å²) in [6.07, 6.45) is -6.56. The Morgan fingerprint density at radius 1 is 0.621 bits per heavy atom. The largest absolute Gasteiger partial charge is 0.387 e. The average Bonchev–Trinajstić information content (AvgIpc) is 3.06. The van der Waals surface area contributed by atoms with Gasteiger partial charge in [-0.15, -0.1) is 0 Å². The number of rotatable bonds is 6. The van der Waals surface area contributed by atoms with E-state index in [2.05, 4.69) is 0 Å². The van der Waals surface area contributed by atoms with Crippen LogP contribution in [-0.2, 0) is 0 Å². The van der Waals surface area contributed by atoms with Crippen LogP contribution in [0.3, 0.4) is 0 Å². The van der Waals surface area contributed by atoms with Gasteiger partial charge >= 0.3 is 0 Å². The molecule has 6 heteroatoms. The molecule has 2 aromatic carbocycles. The van der Waals surface area contributed by atoms with Gasteiger partial charge in [0.25, 0.3) is 0 Å². The highest BCUT2D eigenvalue weighted by Gasteiger charge is 2.88. The quantitative estimate of drug-likeness (QED) is 0.433. The minimum Gasteiger partial charge on any atom is -0.387 e. The van der Waals surface area contributed by atoms with E-state index in [0.29, 0.717) is 22.3 Å². The van der Waals surface area contributed by atoms with Crippen molar-refractivity contribution in [3.8, 4) is 0 Å². The highest BCUT2D eigenvalue weighted by Crippen LogP contribution is 2.70. The van der Waals surface area contributed by atoms with Crippen molar-refractivity contribution in [2.45, 2.75) is 63.3 Å². The Bertz CT molecular complexity index is 825. The zero-order valence-electron chi connectivity index (χ0n) is 17.1. The van der Waals surface area contributed by atoms with E-state index < -0.39 is 41.0 Å². The lowest BCUT2D eigenvalue weighted by Gasteiger charge is -2.31. The molecule has 0 bridgehead atoms. The van der Waals surface area contributed by atoms with Crippen molar-refractivity contribution < 1.29 is 30.6 Å². The molecule has 1 aliphatic carbocycles. The Balaban J connectivity index is 1.95. The van der Waals surface area contributed by atoms with Crippen LogP contribution in [0.15, 0.2) is 48.5 Å². The molecule has 6 N–H and O–H groups in total. The lowest BCUT2D eigenvalue weighted by molar-refractivity contribution is -0.155. The second kappa shape index (κ2) is 7.16. The first kappa shape index (κ1) is 21.9. The predicted molar refractivity (Wildman–Crippen MR) is 108 cm³/mol. The van der Waals surface area contributed by atoms with Crippen LogP contribution in [0.1, 0.15) is 48.3 Å². The Hall–Kier alpha value is -1.80. The molecule has 0 spiro atoms. The van der Waals surface area contributed by atoms with Gasteiger partial charge in [0, 0.05) is 5.41 Å². The molecule has 0 saturated heterocycles. The molecular formula is C23H30O6. The maximum atomic E-state index is 11.3. The van der Waals surface area contributed by atoms with E-state index in [4.69, 9.17) is 0 Å². The van der Waals surface area contributed by atoms with Crippen LogP contribution < -0.4 is 0 Å². The normalized spacial score (nSPS) is 29.7. The molecule has 1 saturated carbocycles. The third-order valence-electron chi connectivity index (χ3n) is 6.89. The van der Waals surface area contributed by atoms with E-state index >= 15 is 0 Å². The van der Waals surface area contributed by atoms with Gasteiger partial charge in [0.2, 0.25) is 0 Å². The molecule has 3 rings (SSSR count). The summed E-state index contributed by atoms with van der Waals surface area (Å²) in [6.45, 7) is 6.48. The summed E-state index contributed by atoms with van der Waals surface area (Å²) < 4.78 is 0. The van der Waals surface area contributed by atoms with Crippen molar-refractivity contribution in [3.05, 3.63) is 70.8 Å². The summed E-state index contributed by atoms with van der Waals surface area (Å²) in [5.41, 5.74) is -3.64. The first-order valence-electron chi connectivity index (χ1n) is 9.71. The number of aliphatic hydroxyl groups is 6. The second-order valence-electron chi connectivity index (χ2n) is 8.65. The maximum absolute atomic E-state index is 11.3. The topological polar surface area (TPSA) is 121 Å². The average molecular weight is 402 g/mol. The SMILES string of the molecule is Cc1ccccc1C(O)[C@@H](O)[C@]1(O)C(C)(C)[C@@]1(O)[C@H](O)C(O)c1ccccc1C. The minimum absolute atomic E-state index is 0.410. The summed E-state index contributed by atoms with van der Waals surface area (Å²) >= 11 is 0. The Morgan fingerprint density at radius 2 is 0.931 bits per heavy atom. The number of benzene rings is 2. The van der Waals surface area contributed by atoms with Gasteiger partial charge in [-0.3, -0.25) is 0 Å². The maximum Gasteiger partial charge on any atom is 0.133 e. The fourth-order valence-corrected chi connectivity index (χ4v) is 4.72. The molecule has 29 heavy (non-hydrogen) atoms. The van der Waals surface area contributed by atoms with Crippen molar-refractivity contribution >= 4 is 0 Å². The number of hydrogen-bond donors (Lipinski definition) is 6. The van der Waals surface area contributed by atoms with Gasteiger partial charge in [0.05, 0.1) is 0 Å². The first-order valence-corrected chi connectivity index (χ1v) is 9.71. The van der Waals surface area contributed by atoms with Gasteiger partial charge in [-0.2, -0.15) is 0 Å². The Morgan fingerprint density at radius 3 is 1.24 bits per heavy atom. The molecule has 0 heterocycles. The highest BCUT2D eigenvalue weighted by atomic mass is 16.4. The van der Waals surface area contributed by atoms with Crippen molar-refractivity contribution in [1.82, 2.24) is 0 Å². The Kier molecular flexibility index (Phi) is 5.41. The van der Waals surface area contributed by atoms with Gasteiger partial charge < -0.3 is 30.6 Å². The third kappa shape index (κ3) is 2.86. The van der Waals surface area contributed by atoms with Gasteiger partial charge in [-0.05, 0) is 36.1 Å². The number of aryl methyl sites for hydroxylation is 2. The molecule has 0 amide bonds. The fourth-order valence-electron chi connectivity index (χ4n) is 4.72. The lowest BCUT2D eigenvalue weighted by Crippen LogP contribution is -2.48. The van der Waals surface area contributed by atoms with Crippen LogP contribution >= 0.6 is 0 Å². The van der Waals surface area contributed by atoms with E-state index in [0.717, 1.165) is 0 Å². The molecular weight excluding hydrogens is 372 g/mol. The van der Waals surface area contributed by atoms with Crippen LogP contribution in [-0.4, -0.2) is 54.0 Å². The smallest absolute Gasteiger partial charge is 0.133 e. The van der Waals surface area contributed by atoms with Crippen molar-refractivity contribution in [2.24, 2.45) is 5.41 Å². The molecule has 1 fully saturated rings. The van der Waals surface area contributed by atoms with Crippen molar-refractivity contribution in [1.29, 1.82) is 0 Å². The van der Waals surface area contributed by atoms with E-state index in [1.807, 2.05) is 0 Å². The first-order chi connectivity index (χ1) is 13.4. The molecule has 2 aromatic rings. The standard InChI is InChI=1S/C23H30O6/c1-13-9-5-7-11-15(13)17(24)19(26)22(28)21(3,4)23(22,29)20(27)18(25)16-12-8-6-10-14(16)2/h5-12,17-20,24-29H,1-4H3/t17?,18?,19-,20-,22+,23+/m1/s1. The van der Waals surface area contributed by atoms with Crippen molar-refractivity contribution in [2.75, 3.05) is 0 Å². The van der Waals surface area contributed by atoms with Gasteiger partial charge in [0.15, 0.2) is 0 Å². The molecule has 0 radical (unpaired) electrons. The van der Waals surface area contributed by atoms with Crippen LogP contribution in [0.25, 0.3) is 0 Å². The summed E-state index contributed by atoms with van der Waals surface area (Å²) in [5, 5.41) is 65.7. The van der Waals surface area contributed by atoms with Crippen LogP contribution in [0.2, 0.25) is 0 Å². The van der Waals surface area contributed by atoms with Crippen LogP contribution in [0, 0.1) is 19.3 Å². The second-order valence-corrected chi connectivity index (χ2v) is 8.65. The molecule has 2 unspecified atom stereocenters. The minimum atomic E-state index is -2.25. The van der Waals surface area contributed by atoms with Gasteiger partial charge in [-0.25, -0.2) is 0 Å². The molecule has 158 valence electrons. The lowest BCUT2D eigenvalue weighted by atomic mass is 9.89. The molecule has 6 atom stereocenters. The van der Waals surface area contributed by atoms with E-state index in [9.17, 15) is 30.6 Å². The third-order valence-corrected chi connectivity index (χ3v) is 6.89. The van der Waals surface area contributed by atoms with Crippen molar-refractivity contribution in [3.63, 3.8) is 0 Å². The predicted octanol–water partition coefficient (Wildman–Crippen LogP) is 1.29. The van der Waals surface area contributed by atoms with E-state index in [1.54, 1.807) is 62.4 Å². The fraction of sp³-hybridized carbons (Fsp3) is 0.478. The molecule has 6 nitrogen and oxygen atoms in total. The van der Waals surface area contributed by atoms with Gasteiger partial charge in [0.1, 0.15) is 35.6 Å². The highest BCUT2D eigenvalue weighted by molar-refractivity contribution is 5.42. The van der Waals surface area contributed by atoms with E-state index in [-0.39, 0.29) is 0 Å². The number of hydrogen-bond acceptors (Lipinski definition) is 6. The zero-order chi connectivity index (χ0) is 21.8. The zero-order valence-corrected chi connectivity index (χ0v) is 17.1. The molecule has 0 aliphatic heterocycles. The number of aliphatic hydroxyl groups excluding tert-OH is 4.